The quantitative estimate of drug-likeness (QED) is 0.0337. The van der Waals surface area contributed by atoms with Crippen LogP contribution in [0, 0.1) is 17.8 Å². The highest BCUT2D eigenvalue weighted by Crippen LogP contribution is 2.62. The Morgan fingerprint density at radius 2 is 1.61 bits per heavy atom. The number of hydrogen-bond donors (Lipinski definition) is 3. The number of unbranched alkanes of at least 4 members (excludes halogenated alkanes) is 11. The number of allylic oxidation sites excluding steroid dienone is 1. The van der Waals surface area contributed by atoms with Crippen molar-refractivity contribution in [3.8, 4) is 11.5 Å². The van der Waals surface area contributed by atoms with Crippen LogP contribution < -0.4 is 14.8 Å². The third kappa shape index (κ3) is 13.8. The fourth-order valence-electron chi connectivity index (χ4n) is 11.0. The Morgan fingerprint density at radius 1 is 0.884 bits per heavy atom. The fraction of sp³-hybridized carbons (Fsp3) is 0.561. The lowest BCUT2D eigenvalue weighted by molar-refractivity contribution is -0.256. The van der Waals surface area contributed by atoms with E-state index in [9.17, 15) is 19.8 Å². The molecule has 6 unspecified atom stereocenters. The van der Waals surface area contributed by atoms with Gasteiger partial charge in [-0.05, 0) is 90.5 Å². The van der Waals surface area contributed by atoms with Gasteiger partial charge in [0, 0.05) is 37.7 Å². The van der Waals surface area contributed by atoms with Gasteiger partial charge in [-0.3, -0.25) is 4.90 Å². The molecule has 3 aromatic rings. The normalized spacial score (nSPS) is 21.9. The van der Waals surface area contributed by atoms with Gasteiger partial charge in [0.1, 0.15) is 24.7 Å². The average Bonchev–Trinajstić information content (AvgIpc) is 3.36. The molecule has 2 amide bonds. The van der Waals surface area contributed by atoms with Gasteiger partial charge < -0.3 is 39.3 Å². The van der Waals surface area contributed by atoms with Crippen LogP contribution in [0.1, 0.15) is 140 Å². The number of carbonyl (C=O) groups is 2. The van der Waals surface area contributed by atoms with Gasteiger partial charge in [-0.2, -0.15) is 0 Å². The van der Waals surface area contributed by atoms with E-state index in [-0.39, 0.29) is 57.1 Å². The van der Waals surface area contributed by atoms with Gasteiger partial charge in [0.05, 0.1) is 31.4 Å². The molecule has 3 N–H and O–H groups in total. The lowest BCUT2D eigenvalue weighted by Crippen LogP contribution is -2.70. The Bertz CT molecular complexity index is 2170. The van der Waals surface area contributed by atoms with Crippen molar-refractivity contribution in [3.63, 3.8) is 0 Å². The number of fused-ring (bicyclic) bond motifs is 3. The Labute approximate surface area is 411 Å². The first-order valence-electron chi connectivity index (χ1n) is 25.9. The van der Waals surface area contributed by atoms with Crippen molar-refractivity contribution in [2.45, 2.75) is 147 Å². The number of aliphatic hydroxyl groups excluding tert-OH is 2. The van der Waals surface area contributed by atoms with Crippen molar-refractivity contribution in [3.05, 3.63) is 109 Å². The minimum atomic E-state index is -1.49. The van der Waals surface area contributed by atoms with E-state index in [0.717, 1.165) is 72.4 Å². The predicted molar refractivity (Wildman–Crippen MR) is 273 cm³/mol. The van der Waals surface area contributed by atoms with E-state index < -0.39 is 29.9 Å². The molecule has 0 bridgehead atoms. The summed E-state index contributed by atoms with van der Waals surface area (Å²) in [5.74, 6) is -1.35. The number of nitrogens with one attached hydrogen (secondary N) is 1. The predicted octanol–water partition coefficient (Wildman–Crippen LogP) is 12.3. The van der Waals surface area contributed by atoms with Crippen LogP contribution in [-0.2, 0) is 20.9 Å². The number of ether oxygens (including phenoxy) is 4. The standard InChI is InChI=1S/C57H79N3O9/c1-5-8-10-11-12-13-14-15-16-21-33-58-55(63)68-45-31-32-51-49(39-45)53-47(30-20-23-35-62)43(26-19-22-34-61)38-48-50(59-65-4)40-52(57(69-51,54(48)53)67-36-7-3)60(56(64)66-37-9-6-2)41-44-28-24-27-42-25-17-18-29-46(42)44/h6-7,17-18,24-25,27-29,31-32,38-39,43,47,52-54,61-62H,2-3,5,8-16,19-23,26,30,33-37,40-41H2,1,4H3,(H,58,63). The zero-order valence-corrected chi connectivity index (χ0v) is 41.4. The molecule has 376 valence electrons. The Kier molecular flexibility index (Phi) is 21.5. The molecular formula is C57H79N3O9. The number of carbonyl (C=O) groups excluding carboxylic acids is 2. The average molecular weight is 950 g/mol. The maximum Gasteiger partial charge on any atom is 0.412 e. The molecule has 0 radical (unpaired) electrons. The van der Waals surface area contributed by atoms with Crippen LogP contribution in [0.5, 0.6) is 11.5 Å². The molecule has 0 spiro atoms. The molecule has 0 saturated heterocycles. The molecule has 6 atom stereocenters. The summed E-state index contributed by atoms with van der Waals surface area (Å²) in [6.07, 6.45) is 21.9. The highest BCUT2D eigenvalue weighted by Gasteiger charge is 2.65. The van der Waals surface area contributed by atoms with Crippen LogP contribution in [0.15, 0.2) is 103 Å². The first-order valence-corrected chi connectivity index (χ1v) is 25.9. The van der Waals surface area contributed by atoms with Crippen LogP contribution in [0.3, 0.4) is 0 Å². The Hall–Kier alpha value is -5.17. The second-order valence-electron chi connectivity index (χ2n) is 18.9. The Morgan fingerprint density at radius 3 is 2.33 bits per heavy atom. The van der Waals surface area contributed by atoms with Crippen LogP contribution in [0.4, 0.5) is 9.59 Å². The van der Waals surface area contributed by atoms with Crippen molar-refractivity contribution in [1.82, 2.24) is 10.2 Å². The highest BCUT2D eigenvalue weighted by atomic mass is 16.7. The molecule has 12 heteroatoms. The molecule has 69 heavy (non-hydrogen) atoms. The number of aliphatic hydroxyl groups is 2. The van der Waals surface area contributed by atoms with Gasteiger partial charge >= 0.3 is 12.2 Å². The number of amides is 2. The molecule has 12 nitrogen and oxygen atoms in total. The van der Waals surface area contributed by atoms with Crippen LogP contribution in [0.2, 0.25) is 0 Å². The zero-order valence-electron chi connectivity index (χ0n) is 41.4. The molecular weight excluding hydrogens is 871 g/mol. The summed E-state index contributed by atoms with van der Waals surface area (Å²) >= 11 is 0. The van der Waals surface area contributed by atoms with E-state index in [1.807, 2.05) is 36.4 Å². The second kappa shape index (κ2) is 27.9. The van der Waals surface area contributed by atoms with E-state index in [1.54, 1.807) is 23.1 Å². The van der Waals surface area contributed by atoms with Crippen molar-refractivity contribution >= 4 is 28.7 Å². The molecule has 1 heterocycles. The van der Waals surface area contributed by atoms with Gasteiger partial charge in [0.15, 0.2) is 0 Å². The topological polar surface area (TPSA) is 148 Å². The fourth-order valence-corrected chi connectivity index (χ4v) is 11.0. The zero-order chi connectivity index (χ0) is 48.9. The summed E-state index contributed by atoms with van der Waals surface area (Å²) < 4.78 is 26.6. The first kappa shape index (κ1) is 53.2. The first-order chi connectivity index (χ1) is 33.8. The third-order valence-corrected chi connectivity index (χ3v) is 14.2. The van der Waals surface area contributed by atoms with Crippen molar-refractivity contribution in [1.29, 1.82) is 0 Å². The molecule has 1 aliphatic heterocycles. The van der Waals surface area contributed by atoms with Crippen molar-refractivity contribution in [2.24, 2.45) is 22.9 Å². The van der Waals surface area contributed by atoms with Gasteiger partial charge in [-0.25, -0.2) is 9.59 Å². The summed E-state index contributed by atoms with van der Waals surface area (Å²) in [6, 6.07) is 19.0. The molecule has 2 aliphatic carbocycles. The Balaban J connectivity index is 1.41. The van der Waals surface area contributed by atoms with E-state index in [4.69, 9.17) is 28.9 Å². The van der Waals surface area contributed by atoms with Gasteiger partial charge in [-0.15, -0.1) is 13.2 Å². The minimum Gasteiger partial charge on any atom is -0.459 e. The van der Waals surface area contributed by atoms with E-state index in [2.05, 4.69) is 49.7 Å². The second-order valence-corrected chi connectivity index (χ2v) is 18.9. The molecule has 1 saturated carbocycles. The number of rotatable bonds is 30. The molecule has 1 fully saturated rings. The van der Waals surface area contributed by atoms with E-state index in [0.29, 0.717) is 43.0 Å². The number of benzene rings is 3. The molecule has 0 aromatic heterocycles. The number of oxime groups is 1. The smallest absolute Gasteiger partial charge is 0.412 e. The number of nitrogens with zero attached hydrogens (tertiary/aromatic N) is 2. The SMILES string of the molecule is C=CCCOC(=O)N(Cc1cccc2ccccc12)C1CC(=NOC)C2=CC(CCCCO)C(CCCCO)C3c4cc(OC(=O)NCCCCCCCCCCCC)ccc4OC1(OCC=C)C23. The summed E-state index contributed by atoms with van der Waals surface area (Å²) in [4.78, 5) is 35.6. The summed E-state index contributed by atoms with van der Waals surface area (Å²) in [6.45, 7) is 11.3. The largest absolute Gasteiger partial charge is 0.459 e. The third-order valence-electron chi connectivity index (χ3n) is 14.2. The minimum absolute atomic E-state index is 0.00706. The van der Waals surface area contributed by atoms with Gasteiger partial charge in [0.2, 0.25) is 5.79 Å². The maximum atomic E-state index is 14.8. The van der Waals surface area contributed by atoms with Crippen molar-refractivity contribution < 1.29 is 43.6 Å². The number of hydrogen-bond acceptors (Lipinski definition) is 10. The van der Waals surface area contributed by atoms with E-state index in [1.165, 1.54) is 52.1 Å². The van der Waals surface area contributed by atoms with Crippen molar-refractivity contribution in [2.75, 3.05) is 40.1 Å². The van der Waals surface area contributed by atoms with Gasteiger partial charge in [0.25, 0.3) is 0 Å². The maximum absolute atomic E-state index is 14.8. The van der Waals surface area contributed by atoms with Crippen LogP contribution in [0.25, 0.3) is 10.8 Å². The summed E-state index contributed by atoms with van der Waals surface area (Å²) in [7, 11) is 1.53. The van der Waals surface area contributed by atoms with Crippen LogP contribution >= 0.6 is 0 Å². The lowest BCUT2D eigenvalue weighted by atomic mass is 9.55. The molecule has 6 rings (SSSR count). The monoisotopic (exact) mass is 950 g/mol. The van der Waals surface area contributed by atoms with Crippen LogP contribution in [-0.4, -0.2) is 84.9 Å². The lowest BCUT2D eigenvalue weighted by Gasteiger charge is -2.59. The summed E-state index contributed by atoms with van der Waals surface area (Å²) in [5.41, 5.74) is 3.36. The molecule has 3 aromatic carbocycles. The highest BCUT2D eigenvalue weighted by molar-refractivity contribution is 6.03. The summed E-state index contributed by atoms with van der Waals surface area (Å²) in [5, 5.41) is 29.7. The van der Waals surface area contributed by atoms with E-state index >= 15 is 0 Å². The molecule has 3 aliphatic rings. The van der Waals surface area contributed by atoms with Gasteiger partial charge in [-0.1, -0.05) is 143 Å².